The fourth-order valence-electron chi connectivity index (χ4n) is 11.7. The molecule has 0 amide bonds. The van der Waals surface area contributed by atoms with Crippen molar-refractivity contribution in [2.45, 2.75) is 5.41 Å². The van der Waals surface area contributed by atoms with Crippen molar-refractivity contribution in [1.29, 1.82) is 0 Å². The van der Waals surface area contributed by atoms with Gasteiger partial charge in [-0.25, -0.2) is 9.97 Å². The number of nitrogens with zero attached hydrogens (tertiary/aromatic N) is 3. The highest BCUT2D eigenvalue weighted by atomic mass is 16.6. The number of hydrogen-bond donors (Lipinski definition) is 0. The van der Waals surface area contributed by atoms with Gasteiger partial charge in [0.1, 0.15) is 0 Å². The quantitative estimate of drug-likeness (QED) is 0.173. The maximum Gasteiger partial charge on any atom is 0.175 e. The lowest BCUT2D eigenvalue weighted by Crippen LogP contribution is -2.27. The SMILES string of the molecule is c1ccc(-c2cc(-c3ccc(-n4c5ccccc5c5cc(-c6ccc7c(c6)C6(c8ccccc8-c8ccccc86)c6c-7ccc7c6Oc6ccccc6O7)ccc54)cc3)nc(-c3ccccc3)n2)cc1. The minimum atomic E-state index is -0.640. The van der Waals surface area contributed by atoms with Crippen molar-refractivity contribution < 1.29 is 9.47 Å². The second-order valence-corrected chi connectivity index (χ2v) is 18.4. The number of ether oxygens (including phenoxy) is 2. The molecule has 15 rings (SSSR count). The molecule has 0 N–H and O–H groups in total. The molecule has 5 heteroatoms. The summed E-state index contributed by atoms with van der Waals surface area (Å²) in [4.78, 5) is 10.1. The number of aromatic nitrogens is 3. The molecule has 5 nitrogen and oxygen atoms in total. The fourth-order valence-corrected chi connectivity index (χ4v) is 11.7. The number of hydrogen-bond acceptors (Lipinski definition) is 4. The summed E-state index contributed by atoms with van der Waals surface area (Å²) < 4.78 is 15.9. The lowest BCUT2D eigenvalue weighted by molar-refractivity contribution is 0.354. The van der Waals surface area contributed by atoms with E-state index in [0.717, 1.165) is 90.1 Å². The van der Waals surface area contributed by atoms with E-state index in [0.29, 0.717) is 5.82 Å². The monoisotopic (exact) mass is 893 g/mol. The van der Waals surface area contributed by atoms with Crippen LogP contribution in [0.15, 0.2) is 237 Å². The van der Waals surface area contributed by atoms with E-state index in [1.165, 1.54) is 44.2 Å². The standard InChI is InChI=1S/C65H39N3O2/c1-3-15-40(16-4-1)55-39-56(67-64(66-55)42-17-5-2-6-18-42)41-27-31-45(32-28-41)68-57-24-12-9-21-49(57)51-37-43(30-35-58(51)68)44-29-33-48-50-34-36-61-63(70-60-26-14-13-25-59(60)69-61)62(50)65(54(48)38-44)52-22-10-7-19-46(52)47-20-8-11-23-53(47)65/h1-39H. The molecule has 0 unspecified atom stereocenters. The molecule has 2 aliphatic carbocycles. The van der Waals surface area contributed by atoms with Crippen LogP contribution in [0.25, 0.3) is 94.8 Å². The molecule has 0 fully saturated rings. The summed E-state index contributed by atoms with van der Waals surface area (Å²) in [6, 6.07) is 84.2. The highest BCUT2D eigenvalue weighted by Crippen LogP contribution is 2.67. The van der Waals surface area contributed by atoms with Crippen LogP contribution in [0.2, 0.25) is 0 Å². The first-order chi connectivity index (χ1) is 34.7. The van der Waals surface area contributed by atoms with Crippen molar-refractivity contribution in [3.63, 3.8) is 0 Å². The first-order valence-corrected chi connectivity index (χ1v) is 23.8. The van der Waals surface area contributed by atoms with Gasteiger partial charge in [0.15, 0.2) is 28.8 Å². The van der Waals surface area contributed by atoms with Crippen LogP contribution < -0.4 is 9.47 Å². The van der Waals surface area contributed by atoms with Gasteiger partial charge in [0, 0.05) is 38.7 Å². The van der Waals surface area contributed by atoms with E-state index in [4.69, 9.17) is 19.4 Å². The first-order valence-electron chi connectivity index (χ1n) is 23.8. The van der Waals surface area contributed by atoms with Crippen LogP contribution in [0.1, 0.15) is 22.3 Å². The Labute approximate surface area is 404 Å². The molecular formula is C65H39N3O2. The smallest absolute Gasteiger partial charge is 0.175 e. The second-order valence-electron chi connectivity index (χ2n) is 18.4. The van der Waals surface area contributed by atoms with E-state index < -0.39 is 5.41 Å². The van der Waals surface area contributed by atoms with Gasteiger partial charge in [0.05, 0.1) is 27.8 Å². The van der Waals surface area contributed by atoms with Gasteiger partial charge in [-0.15, -0.1) is 0 Å². The van der Waals surface area contributed by atoms with Gasteiger partial charge in [-0.1, -0.05) is 176 Å². The summed E-state index contributed by atoms with van der Waals surface area (Å²) in [6.45, 7) is 0. The van der Waals surface area contributed by atoms with Crippen molar-refractivity contribution in [2.24, 2.45) is 0 Å². The van der Waals surface area contributed by atoms with E-state index in [1.54, 1.807) is 0 Å². The number of benzene rings is 10. The molecule has 0 saturated heterocycles. The van der Waals surface area contributed by atoms with Crippen LogP contribution in [-0.4, -0.2) is 14.5 Å². The predicted octanol–water partition coefficient (Wildman–Crippen LogP) is 16.5. The van der Waals surface area contributed by atoms with Crippen molar-refractivity contribution in [3.05, 3.63) is 259 Å². The van der Waals surface area contributed by atoms with Crippen molar-refractivity contribution >= 4 is 21.8 Å². The molecule has 0 bridgehead atoms. The molecule has 3 aliphatic rings. The Bertz CT molecular complexity index is 4020. The molecule has 326 valence electrons. The van der Waals surface area contributed by atoms with Gasteiger partial charge in [0.25, 0.3) is 0 Å². The highest BCUT2D eigenvalue weighted by Gasteiger charge is 2.54. The Balaban J connectivity index is 0.865. The molecule has 0 radical (unpaired) electrons. The number of rotatable bonds is 5. The Kier molecular flexibility index (Phi) is 8.21. The van der Waals surface area contributed by atoms with Gasteiger partial charge in [-0.2, -0.15) is 0 Å². The zero-order valence-corrected chi connectivity index (χ0v) is 37.7. The highest BCUT2D eigenvalue weighted by molar-refractivity contribution is 6.10. The first kappa shape index (κ1) is 38.8. The predicted molar refractivity (Wildman–Crippen MR) is 281 cm³/mol. The molecule has 12 aromatic rings. The summed E-state index contributed by atoms with van der Waals surface area (Å²) in [7, 11) is 0. The van der Waals surface area contributed by atoms with Crippen LogP contribution in [0.5, 0.6) is 23.0 Å². The summed E-state index contributed by atoms with van der Waals surface area (Å²) in [5.41, 5.74) is 19.6. The van der Waals surface area contributed by atoms with Crippen molar-refractivity contribution in [1.82, 2.24) is 14.5 Å². The molecule has 10 aromatic carbocycles. The van der Waals surface area contributed by atoms with Crippen LogP contribution in [0, 0.1) is 0 Å². The van der Waals surface area contributed by atoms with Crippen molar-refractivity contribution in [2.75, 3.05) is 0 Å². The average Bonchev–Trinajstić information content (AvgIpc) is 4.04. The second kappa shape index (κ2) is 14.8. The van der Waals surface area contributed by atoms with Gasteiger partial charge < -0.3 is 14.0 Å². The van der Waals surface area contributed by atoms with Crippen molar-refractivity contribution in [3.8, 4) is 96.0 Å². The lowest BCUT2D eigenvalue weighted by Gasteiger charge is -2.33. The molecule has 0 atom stereocenters. The van der Waals surface area contributed by atoms with E-state index in [9.17, 15) is 0 Å². The summed E-state index contributed by atoms with van der Waals surface area (Å²) in [6.07, 6.45) is 0. The fraction of sp³-hybridized carbons (Fsp3) is 0.0154. The maximum absolute atomic E-state index is 6.95. The normalized spacial score (nSPS) is 13.2. The van der Waals surface area contributed by atoms with Gasteiger partial charge >= 0.3 is 0 Å². The minimum absolute atomic E-state index is 0.640. The zero-order valence-electron chi connectivity index (χ0n) is 37.7. The third-order valence-electron chi connectivity index (χ3n) is 14.7. The largest absolute Gasteiger partial charge is 0.450 e. The molecule has 2 aromatic heterocycles. The number of para-hydroxylation sites is 3. The third kappa shape index (κ3) is 5.54. The van der Waals surface area contributed by atoms with Gasteiger partial charge in [-0.05, 0) is 111 Å². The van der Waals surface area contributed by atoms with E-state index in [-0.39, 0.29) is 0 Å². The van der Waals surface area contributed by atoms with Crippen LogP contribution in [0.4, 0.5) is 0 Å². The Hall–Kier alpha value is -9.32. The minimum Gasteiger partial charge on any atom is -0.450 e. The Morgan fingerprint density at radius 1 is 0.343 bits per heavy atom. The third-order valence-corrected chi connectivity index (χ3v) is 14.7. The Morgan fingerprint density at radius 3 is 1.63 bits per heavy atom. The van der Waals surface area contributed by atoms with Gasteiger partial charge in [-0.3, -0.25) is 0 Å². The van der Waals surface area contributed by atoms with Gasteiger partial charge in [0.2, 0.25) is 0 Å². The van der Waals surface area contributed by atoms with E-state index >= 15 is 0 Å². The molecular weight excluding hydrogens is 855 g/mol. The van der Waals surface area contributed by atoms with E-state index in [2.05, 4.69) is 180 Å². The van der Waals surface area contributed by atoms with E-state index in [1.807, 2.05) is 60.7 Å². The summed E-state index contributed by atoms with van der Waals surface area (Å²) >= 11 is 0. The maximum atomic E-state index is 6.95. The molecule has 1 aliphatic heterocycles. The zero-order chi connectivity index (χ0) is 45.9. The average molecular weight is 894 g/mol. The van der Waals surface area contributed by atoms with Crippen LogP contribution in [0.3, 0.4) is 0 Å². The molecule has 0 saturated carbocycles. The summed E-state index contributed by atoms with van der Waals surface area (Å²) in [5.74, 6) is 3.65. The topological polar surface area (TPSA) is 49.2 Å². The van der Waals surface area contributed by atoms with Crippen LogP contribution in [-0.2, 0) is 5.41 Å². The number of fused-ring (bicyclic) bond motifs is 16. The van der Waals surface area contributed by atoms with Crippen LogP contribution >= 0.6 is 0 Å². The lowest BCUT2D eigenvalue weighted by atomic mass is 9.70. The Morgan fingerprint density at radius 2 is 0.886 bits per heavy atom. The summed E-state index contributed by atoms with van der Waals surface area (Å²) in [5, 5.41) is 2.40. The molecule has 3 heterocycles. The molecule has 70 heavy (non-hydrogen) atoms. The molecule has 1 spiro atoms.